The molecule has 23 heavy (non-hydrogen) atoms. The Kier molecular flexibility index (Phi) is 4.34. The summed E-state index contributed by atoms with van der Waals surface area (Å²) in [7, 11) is 0. The Morgan fingerprint density at radius 3 is 2.78 bits per heavy atom. The first-order valence-electron chi connectivity index (χ1n) is 7.14. The first kappa shape index (κ1) is 15.6. The molecule has 5 nitrogen and oxygen atoms in total. The van der Waals surface area contributed by atoms with Gasteiger partial charge in [0, 0.05) is 9.86 Å². The molecule has 0 unspecified atom stereocenters. The summed E-state index contributed by atoms with van der Waals surface area (Å²) in [6.07, 6.45) is 0. The Morgan fingerprint density at radius 2 is 2.04 bits per heavy atom. The summed E-state index contributed by atoms with van der Waals surface area (Å²) < 4.78 is 8.22. The molecule has 0 amide bonds. The smallest absolute Gasteiger partial charge is 0.222 e. The Hall–Kier alpha value is -2.34. The lowest BCUT2D eigenvalue weighted by molar-refractivity contribution is 0.289. The largest absolute Gasteiger partial charge is 0.493 e. The van der Waals surface area contributed by atoms with E-state index in [2.05, 4.69) is 21.1 Å². The molecule has 0 atom stereocenters. The van der Waals surface area contributed by atoms with Crippen molar-refractivity contribution in [2.24, 2.45) is 5.18 Å². The maximum Gasteiger partial charge on any atom is 0.222 e. The standard InChI is InChI=1S/C17H15BrN2O3/c1-11-4-2-3-5-15(11)23-9-8-20-14-7-6-12(18)10-13(14)16(19-22)17(20)21/h2-7,10,21H,8-9H2,1H3. The van der Waals surface area contributed by atoms with Crippen LogP contribution in [0, 0.1) is 11.8 Å². The molecule has 0 saturated heterocycles. The summed E-state index contributed by atoms with van der Waals surface area (Å²) in [6.45, 7) is 2.76. The molecule has 6 heteroatoms. The van der Waals surface area contributed by atoms with Gasteiger partial charge in [0.15, 0.2) is 5.69 Å². The van der Waals surface area contributed by atoms with E-state index < -0.39 is 0 Å². The fourth-order valence-electron chi connectivity index (χ4n) is 2.58. The predicted molar refractivity (Wildman–Crippen MR) is 93.4 cm³/mol. The normalized spacial score (nSPS) is 10.9. The van der Waals surface area contributed by atoms with E-state index >= 15 is 0 Å². The van der Waals surface area contributed by atoms with Gasteiger partial charge in [0.25, 0.3) is 0 Å². The van der Waals surface area contributed by atoms with Gasteiger partial charge in [-0.1, -0.05) is 34.1 Å². The maximum absolute atomic E-state index is 11.0. The predicted octanol–water partition coefficient (Wildman–Crippen LogP) is 4.89. The lowest BCUT2D eigenvalue weighted by Crippen LogP contribution is -2.08. The molecule has 2 aromatic carbocycles. The third kappa shape index (κ3) is 2.94. The van der Waals surface area contributed by atoms with E-state index in [9.17, 15) is 10.0 Å². The number of aryl methyl sites for hydroxylation is 1. The van der Waals surface area contributed by atoms with Crippen molar-refractivity contribution in [3.8, 4) is 11.6 Å². The van der Waals surface area contributed by atoms with E-state index in [0.29, 0.717) is 18.5 Å². The maximum atomic E-state index is 11.0. The minimum Gasteiger partial charge on any atom is -0.493 e. The average molecular weight is 375 g/mol. The number of hydrogen-bond donors (Lipinski definition) is 1. The van der Waals surface area contributed by atoms with Crippen LogP contribution in [0.2, 0.25) is 0 Å². The first-order valence-corrected chi connectivity index (χ1v) is 7.93. The number of rotatable bonds is 5. The number of aromatic nitrogens is 1. The molecule has 1 N–H and O–H groups in total. The molecule has 0 aliphatic rings. The van der Waals surface area contributed by atoms with Gasteiger partial charge in [-0.05, 0) is 41.9 Å². The second-order valence-corrected chi connectivity index (χ2v) is 6.11. The van der Waals surface area contributed by atoms with Crippen LogP contribution in [0.25, 0.3) is 10.9 Å². The first-order chi connectivity index (χ1) is 11.1. The third-order valence-electron chi connectivity index (χ3n) is 3.73. The van der Waals surface area contributed by atoms with E-state index in [1.807, 2.05) is 43.3 Å². The SMILES string of the molecule is Cc1ccccc1OCCn1c(O)c(N=O)c2cc(Br)ccc21. The van der Waals surface area contributed by atoms with Crippen LogP contribution in [0.15, 0.2) is 52.1 Å². The summed E-state index contributed by atoms with van der Waals surface area (Å²) in [5.74, 6) is 0.668. The van der Waals surface area contributed by atoms with Crippen molar-refractivity contribution in [1.29, 1.82) is 0 Å². The highest BCUT2D eigenvalue weighted by atomic mass is 79.9. The van der Waals surface area contributed by atoms with Gasteiger partial charge in [0.2, 0.25) is 5.88 Å². The molecule has 118 valence electrons. The molecule has 1 heterocycles. The number of benzene rings is 2. The molecule has 0 radical (unpaired) electrons. The van der Waals surface area contributed by atoms with Crippen molar-refractivity contribution in [2.75, 3.05) is 6.61 Å². The van der Waals surface area contributed by atoms with Crippen LogP contribution in [0.5, 0.6) is 11.6 Å². The molecule has 1 aromatic heterocycles. The summed E-state index contributed by atoms with van der Waals surface area (Å²) in [5.41, 5.74) is 1.85. The lowest BCUT2D eigenvalue weighted by Gasteiger charge is -2.11. The number of nitroso groups, excluding NO2 is 1. The Balaban J connectivity index is 1.87. The lowest BCUT2D eigenvalue weighted by atomic mass is 10.2. The summed E-state index contributed by atoms with van der Waals surface area (Å²) in [5, 5.41) is 13.8. The molecule has 0 saturated carbocycles. The average Bonchev–Trinajstić information content (AvgIpc) is 2.80. The van der Waals surface area contributed by atoms with Crippen LogP contribution in [0.4, 0.5) is 5.69 Å². The fraction of sp³-hybridized carbons (Fsp3) is 0.176. The van der Waals surface area contributed by atoms with Gasteiger partial charge >= 0.3 is 0 Å². The molecule has 3 rings (SSSR count). The van der Waals surface area contributed by atoms with Crippen molar-refractivity contribution < 1.29 is 9.84 Å². The Labute approximate surface area is 141 Å². The highest BCUT2D eigenvalue weighted by Crippen LogP contribution is 2.39. The number of halogens is 1. The van der Waals surface area contributed by atoms with Crippen LogP contribution >= 0.6 is 15.9 Å². The van der Waals surface area contributed by atoms with Gasteiger partial charge in [-0.2, -0.15) is 0 Å². The summed E-state index contributed by atoms with van der Waals surface area (Å²) in [4.78, 5) is 11.0. The highest BCUT2D eigenvalue weighted by Gasteiger charge is 2.17. The zero-order valence-electron chi connectivity index (χ0n) is 12.5. The molecular formula is C17H15BrN2O3. The number of para-hydroxylation sites is 1. The second-order valence-electron chi connectivity index (χ2n) is 5.19. The molecule has 0 aliphatic carbocycles. The molecular weight excluding hydrogens is 360 g/mol. The van der Waals surface area contributed by atoms with Crippen molar-refractivity contribution in [1.82, 2.24) is 4.57 Å². The van der Waals surface area contributed by atoms with Gasteiger partial charge in [-0.3, -0.25) is 0 Å². The zero-order valence-corrected chi connectivity index (χ0v) is 14.1. The van der Waals surface area contributed by atoms with Crippen molar-refractivity contribution in [3.63, 3.8) is 0 Å². The molecule has 3 aromatic rings. The van der Waals surface area contributed by atoms with Gasteiger partial charge in [0.1, 0.15) is 12.4 Å². The van der Waals surface area contributed by atoms with Crippen LogP contribution < -0.4 is 4.74 Å². The fourth-order valence-corrected chi connectivity index (χ4v) is 2.94. The van der Waals surface area contributed by atoms with E-state index in [1.165, 1.54) is 0 Å². The van der Waals surface area contributed by atoms with Crippen LogP contribution in [0.3, 0.4) is 0 Å². The van der Waals surface area contributed by atoms with Gasteiger partial charge in [-0.25, -0.2) is 0 Å². The minimum absolute atomic E-state index is 0.0530. The van der Waals surface area contributed by atoms with Gasteiger partial charge in [0.05, 0.1) is 12.1 Å². The molecule has 0 aliphatic heterocycles. The van der Waals surface area contributed by atoms with E-state index in [0.717, 1.165) is 21.3 Å². The number of aromatic hydroxyl groups is 1. The monoisotopic (exact) mass is 374 g/mol. The van der Waals surface area contributed by atoms with Crippen molar-refractivity contribution in [3.05, 3.63) is 57.4 Å². The molecule has 0 spiro atoms. The highest BCUT2D eigenvalue weighted by molar-refractivity contribution is 9.10. The zero-order chi connectivity index (χ0) is 16.4. The van der Waals surface area contributed by atoms with Crippen LogP contribution in [-0.4, -0.2) is 16.3 Å². The molecule has 0 fully saturated rings. The van der Waals surface area contributed by atoms with Crippen molar-refractivity contribution >= 4 is 32.5 Å². The van der Waals surface area contributed by atoms with E-state index in [-0.39, 0.29) is 11.6 Å². The summed E-state index contributed by atoms with van der Waals surface area (Å²) in [6, 6.07) is 13.2. The Bertz CT molecular complexity index is 874. The third-order valence-corrected chi connectivity index (χ3v) is 4.22. The van der Waals surface area contributed by atoms with Crippen LogP contribution in [-0.2, 0) is 6.54 Å². The summed E-state index contributed by atoms with van der Waals surface area (Å²) >= 11 is 3.36. The number of fused-ring (bicyclic) bond motifs is 1. The topological polar surface area (TPSA) is 63.8 Å². The number of ether oxygens (including phenoxy) is 1. The quantitative estimate of drug-likeness (QED) is 0.646. The number of nitrogens with zero attached hydrogens (tertiary/aromatic N) is 2. The Morgan fingerprint density at radius 1 is 1.26 bits per heavy atom. The van der Waals surface area contributed by atoms with Crippen molar-refractivity contribution in [2.45, 2.75) is 13.5 Å². The number of hydrogen-bond acceptors (Lipinski definition) is 4. The van der Waals surface area contributed by atoms with E-state index in [1.54, 1.807) is 10.6 Å². The second kappa shape index (κ2) is 6.42. The van der Waals surface area contributed by atoms with E-state index in [4.69, 9.17) is 4.74 Å². The van der Waals surface area contributed by atoms with Gasteiger partial charge < -0.3 is 14.4 Å². The van der Waals surface area contributed by atoms with Crippen LogP contribution in [0.1, 0.15) is 5.56 Å². The van der Waals surface area contributed by atoms with Gasteiger partial charge in [-0.15, -0.1) is 4.91 Å². The molecule has 0 bridgehead atoms. The minimum atomic E-state index is -0.138.